The molecular weight excluding hydrogens is 252 g/mol. The van der Waals surface area contributed by atoms with Crippen LogP contribution in [-0.4, -0.2) is 37.0 Å². The zero-order chi connectivity index (χ0) is 14.2. The number of benzene rings is 1. The number of rotatable bonds is 6. The lowest BCUT2D eigenvalue weighted by molar-refractivity contribution is 0.100. The first-order chi connectivity index (χ1) is 9.57. The van der Waals surface area contributed by atoms with E-state index in [0.29, 0.717) is 17.6 Å². The molecule has 1 aromatic rings. The van der Waals surface area contributed by atoms with Crippen LogP contribution in [0.15, 0.2) is 24.3 Å². The van der Waals surface area contributed by atoms with Crippen molar-refractivity contribution in [3.8, 4) is 5.75 Å². The number of likely N-dealkylation sites (tertiary alicyclic amines) is 1. The van der Waals surface area contributed by atoms with Crippen LogP contribution in [0.1, 0.15) is 30.1 Å². The van der Waals surface area contributed by atoms with E-state index in [1.165, 1.54) is 19.5 Å². The number of carbonyl (C=O) groups is 1. The molecule has 1 saturated carbocycles. The van der Waals surface area contributed by atoms with E-state index in [-0.39, 0.29) is 0 Å². The lowest BCUT2D eigenvalue weighted by Crippen LogP contribution is -2.26. The smallest absolute Gasteiger partial charge is 0.248 e. The Hall–Kier alpha value is -1.55. The Kier molecular flexibility index (Phi) is 3.42. The van der Waals surface area contributed by atoms with Crippen LogP contribution in [0, 0.1) is 11.3 Å². The standard InChI is InChI=1S/C16H22N2O2/c1-16-9-13(16)10-18(11-16)7-2-8-20-14-5-3-12(4-6-14)15(17)19/h3-6,13H,2,7-11H2,1H3,(H2,17,19). The monoisotopic (exact) mass is 274 g/mol. The van der Waals surface area contributed by atoms with Crippen molar-refractivity contribution >= 4 is 5.91 Å². The van der Waals surface area contributed by atoms with Gasteiger partial charge in [0.15, 0.2) is 0 Å². The Morgan fingerprint density at radius 1 is 1.45 bits per heavy atom. The fourth-order valence-corrected chi connectivity index (χ4v) is 3.23. The van der Waals surface area contributed by atoms with Crippen molar-refractivity contribution in [3.63, 3.8) is 0 Å². The molecule has 108 valence electrons. The summed E-state index contributed by atoms with van der Waals surface area (Å²) in [5.41, 5.74) is 6.34. The molecule has 0 radical (unpaired) electrons. The topological polar surface area (TPSA) is 55.6 Å². The number of piperidine rings is 1. The summed E-state index contributed by atoms with van der Waals surface area (Å²) < 4.78 is 5.68. The maximum Gasteiger partial charge on any atom is 0.248 e. The fraction of sp³-hybridized carbons (Fsp3) is 0.562. The highest BCUT2D eigenvalue weighted by atomic mass is 16.5. The van der Waals surface area contributed by atoms with Gasteiger partial charge in [-0.3, -0.25) is 4.79 Å². The molecule has 1 aromatic carbocycles. The molecule has 1 saturated heterocycles. The summed E-state index contributed by atoms with van der Waals surface area (Å²) in [4.78, 5) is 13.5. The van der Waals surface area contributed by atoms with Gasteiger partial charge in [-0.1, -0.05) is 6.92 Å². The molecule has 2 atom stereocenters. The van der Waals surface area contributed by atoms with Gasteiger partial charge in [0.2, 0.25) is 5.91 Å². The molecule has 0 aromatic heterocycles. The number of hydrogen-bond donors (Lipinski definition) is 1. The number of fused-ring (bicyclic) bond motifs is 1. The average molecular weight is 274 g/mol. The highest BCUT2D eigenvalue weighted by Crippen LogP contribution is 2.57. The summed E-state index contributed by atoms with van der Waals surface area (Å²) >= 11 is 0. The zero-order valence-electron chi connectivity index (χ0n) is 12.0. The summed E-state index contributed by atoms with van der Waals surface area (Å²) in [7, 11) is 0. The molecule has 3 rings (SSSR count). The van der Waals surface area contributed by atoms with Gasteiger partial charge in [0.1, 0.15) is 5.75 Å². The molecule has 20 heavy (non-hydrogen) atoms. The summed E-state index contributed by atoms with van der Waals surface area (Å²) in [6, 6.07) is 7.00. The van der Waals surface area contributed by atoms with E-state index in [9.17, 15) is 4.79 Å². The van der Waals surface area contributed by atoms with Crippen LogP contribution in [0.2, 0.25) is 0 Å². The van der Waals surface area contributed by atoms with Crippen molar-refractivity contribution in [1.82, 2.24) is 4.90 Å². The molecule has 1 amide bonds. The second kappa shape index (κ2) is 5.09. The van der Waals surface area contributed by atoms with Gasteiger partial charge >= 0.3 is 0 Å². The summed E-state index contributed by atoms with van der Waals surface area (Å²) in [6.45, 7) is 6.75. The van der Waals surface area contributed by atoms with Crippen molar-refractivity contribution in [1.29, 1.82) is 0 Å². The third kappa shape index (κ3) is 2.80. The van der Waals surface area contributed by atoms with E-state index in [1.54, 1.807) is 24.3 Å². The van der Waals surface area contributed by atoms with Gasteiger partial charge in [0.05, 0.1) is 6.61 Å². The number of nitrogens with two attached hydrogens (primary N) is 1. The lowest BCUT2D eigenvalue weighted by atomic mass is 10.1. The van der Waals surface area contributed by atoms with Crippen LogP contribution in [0.5, 0.6) is 5.75 Å². The SMILES string of the molecule is CC12CC1CN(CCCOc1ccc(C(N)=O)cc1)C2. The predicted octanol–water partition coefficient (Wildman–Crippen LogP) is 1.90. The first kappa shape index (κ1) is 13.4. The van der Waals surface area contributed by atoms with E-state index in [2.05, 4.69) is 11.8 Å². The molecule has 0 bridgehead atoms. The van der Waals surface area contributed by atoms with Crippen molar-refractivity contribution in [2.45, 2.75) is 19.8 Å². The molecule has 2 unspecified atom stereocenters. The molecule has 0 spiro atoms. The Morgan fingerprint density at radius 3 is 2.80 bits per heavy atom. The first-order valence-electron chi connectivity index (χ1n) is 7.32. The Bertz CT molecular complexity index is 500. The van der Waals surface area contributed by atoms with Gasteiger partial charge in [-0.25, -0.2) is 0 Å². The van der Waals surface area contributed by atoms with E-state index >= 15 is 0 Å². The molecule has 4 nitrogen and oxygen atoms in total. The van der Waals surface area contributed by atoms with Crippen LogP contribution in [0.4, 0.5) is 0 Å². The van der Waals surface area contributed by atoms with Crippen LogP contribution < -0.4 is 10.5 Å². The van der Waals surface area contributed by atoms with Crippen LogP contribution >= 0.6 is 0 Å². The number of primary amides is 1. The minimum Gasteiger partial charge on any atom is -0.494 e. The van der Waals surface area contributed by atoms with Crippen LogP contribution in [-0.2, 0) is 0 Å². The van der Waals surface area contributed by atoms with E-state index < -0.39 is 5.91 Å². The van der Waals surface area contributed by atoms with E-state index in [4.69, 9.17) is 10.5 Å². The number of hydrogen-bond acceptors (Lipinski definition) is 3. The quantitative estimate of drug-likeness (QED) is 0.806. The fourth-order valence-electron chi connectivity index (χ4n) is 3.23. The Morgan fingerprint density at radius 2 is 2.20 bits per heavy atom. The van der Waals surface area contributed by atoms with E-state index in [0.717, 1.165) is 24.6 Å². The van der Waals surface area contributed by atoms with Crippen molar-refractivity contribution in [2.75, 3.05) is 26.2 Å². The van der Waals surface area contributed by atoms with Gasteiger partial charge in [0, 0.05) is 25.2 Å². The number of nitrogens with zero attached hydrogens (tertiary/aromatic N) is 1. The number of ether oxygens (including phenoxy) is 1. The number of amides is 1. The molecule has 1 aliphatic heterocycles. The minimum absolute atomic E-state index is 0.405. The maximum absolute atomic E-state index is 11.0. The summed E-state index contributed by atoms with van der Waals surface area (Å²) in [6.07, 6.45) is 2.46. The summed E-state index contributed by atoms with van der Waals surface area (Å²) in [5.74, 6) is 1.34. The zero-order valence-corrected chi connectivity index (χ0v) is 12.0. The van der Waals surface area contributed by atoms with E-state index in [1.807, 2.05) is 0 Å². The van der Waals surface area contributed by atoms with Gasteiger partial charge in [-0.05, 0) is 48.4 Å². The highest BCUT2D eigenvalue weighted by Gasteiger charge is 2.55. The molecule has 1 heterocycles. The Balaban J connectivity index is 1.36. The molecule has 2 fully saturated rings. The average Bonchev–Trinajstić information content (AvgIpc) is 2.94. The van der Waals surface area contributed by atoms with Crippen molar-refractivity contribution in [3.05, 3.63) is 29.8 Å². The van der Waals surface area contributed by atoms with Crippen molar-refractivity contribution < 1.29 is 9.53 Å². The van der Waals surface area contributed by atoms with Gasteiger partial charge < -0.3 is 15.4 Å². The second-order valence-electron chi connectivity index (χ2n) is 6.38. The highest BCUT2D eigenvalue weighted by molar-refractivity contribution is 5.92. The molecule has 4 heteroatoms. The lowest BCUT2D eigenvalue weighted by Gasteiger charge is -2.18. The summed E-state index contributed by atoms with van der Waals surface area (Å²) in [5, 5.41) is 0. The predicted molar refractivity (Wildman–Crippen MR) is 77.7 cm³/mol. The third-order valence-corrected chi connectivity index (χ3v) is 4.63. The molecule has 2 aliphatic rings. The van der Waals surface area contributed by atoms with Gasteiger partial charge in [-0.2, -0.15) is 0 Å². The molecule has 2 N–H and O–H groups in total. The normalized spacial score (nSPS) is 28.1. The minimum atomic E-state index is -0.405. The maximum atomic E-state index is 11.0. The molecule has 1 aliphatic carbocycles. The first-order valence-corrected chi connectivity index (χ1v) is 7.32. The van der Waals surface area contributed by atoms with Crippen LogP contribution in [0.25, 0.3) is 0 Å². The largest absolute Gasteiger partial charge is 0.494 e. The second-order valence-corrected chi connectivity index (χ2v) is 6.38. The third-order valence-electron chi connectivity index (χ3n) is 4.63. The Labute approximate surface area is 119 Å². The van der Waals surface area contributed by atoms with Gasteiger partial charge in [-0.15, -0.1) is 0 Å². The van der Waals surface area contributed by atoms with Gasteiger partial charge in [0.25, 0.3) is 0 Å². The van der Waals surface area contributed by atoms with Crippen molar-refractivity contribution in [2.24, 2.45) is 17.1 Å². The van der Waals surface area contributed by atoms with Crippen LogP contribution in [0.3, 0.4) is 0 Å². The number of carbonyl (C=O) groups excluding carboxylic acids is 1. The molecular formula is C16H22N2O2.